The van der Waals surface area contributed by atoms with E-state index in [-0.39, 0.29) is 30.4 Å². The van der Waals surface area contributed by atoms with Crippen molar-refractivity contribution in [3.8, 4) is 0 Å². The highest BCUT2D eigenvalue weighted by atomic mass is 35.5. The highest BCUT2D eigenvalue weighted by Crippen LogP contribution is 2.13. The molecule has 0 aliphatic carbocycles. The van der Waals surface area contributed by atoms with Crippen molar-refractivity contribution in [1.29, 1.82) is 0 Å². The first-order valence-electron chi connectivity index (χ1n) is 6.16. The van der Waals surface area contributed by atoms with Gasteiger partial charge in [0.05, 0.1) is 0 Å². The molecule has 1 rings (SSSR count). The van der Waals surface area contributed by atoms with Crippen LogP contribution < -0.4 is 5.73 Å². The molecule has 0 radical (unpaired) electrons. The van der Waals surface area contributed by atoms with Crippen molar-refractivity contribution in [2.24, 2.45) is 5.73 Å². The molecule has 108 valence electrons. The van der Waals surface area contributed by atoms with Gasteiger partial charge in [-0.25, -0.2) is 0 Å². The largest absolute Gasteiger partial charge is 0.343 e. The molecule has 2 unspecified atom stereocenters. The van der Waals surface area contributed by atoms with E-state index < -0.39 is 0 Å². The first kappa shape index (κ1) is 18.2. The van der Waals surface area contributed by atoms with Crippen LogP contribution in [0.3, 0.4) is 0 Å². The minimum absolute atomic E-state index is 0. The fourth-order valence-electron chi connectivity index (χ4n) is 1.76. The van der Waals surface area contributed by atoms with Crippen molar-refractivity contribution in [3.05, 3.63) is 34.9 Å². The Labute approximate surface area is 126 Å². The number of nitrogens with two attached hydrogens (primary N) is 1. The molecule has 0 bridgehead atoms. The summed E-state index contributed by atoms with van der Waals surface area (Å²) in [6.45, 7) is 3.88. The van der Waals surface area contributed by atoms with Crippen molar-refractivity contribution in [2.75, 3.05) is 7.05 Å². The summed E-state index contributed by atoms with van der Waals surface area (Å²) in [5.41, 5.74) is 6.81. The van der Waals surface area contributed by atoms with E-state index >= 15 is 0 Å². The maximum absolute atomic E-state index is 11.9. The zero-order valence-electron chi connectivity index (χ0n) is 11.6. The molecule has 0 aromatic heterocycles. The van der Waals surface area contributed by atoms with Crippen LogP contribution in [0.2, 0.25) is 5.02 Å². The van der Waals surface area contributed by atoms with Crippen LogP contribution in [0.4, 0.5) is 0 Å². The molecule has 2 atom stereocenters. The highest BCUT2D eigenvalue weighted by molar-refractivity contribution is 6.30. The molecule has 2 N–H and O–H groups in total. The van der Waals surface area contributed by atoms with E-state index in [0.29, 0.717) is 6.42 Å². The summed E-state index contributed by atoms with van der Waals surface area (Å²) in [5.74, 6) is 0.0893. The van der Waals surface area contributed by atoms with Gasteiger partial charge in [0.1, 0.15) is 0 Å². The SMILES string of the molecule is CC(N)CC(=O)N(C)C(C)Cc1ccc(Cl)cc1.Cl. The molecule has 0 aliphatic rings. The normalized spacial score (nSPS) is 13.3. The Morgan fingerprint density at radius 3 is 2.32 bits per heavy atom. The fraction of sp³-hybridized carbons (Fsp3) is 0.500. The van der Waals surface area contributed by atoms with E-state index in [1.807, 2.05) is 45.2 Å². The van der Waals surface area contributed by atoms with E-state index in [0.717, 1.165) is 11.4 Å². The standard InChI is InChI=1S/C14H21ClN2O.ClH/c1-10(16)8-14(18)17(3)11(2)9-12-4-6-13(15)7-5-12;/h4-7,10-11H,8-9,16H2,1-3H3;1H. The van der Waals surface area contributed by atoms with Gasteiger partial charge in [-0.1, -0.05) is 23.7 Å². The minimum atomic E-state index is -0.0947. The number of nitrogens with zero attached hydrogens (tertiary/aromatic N) is 1. The predicted octanol–water partition coefficient (Wildman–Crippen LogP) is 2.89. The molecule has 1 aromatic rings. The maximum Gasteiger partial charge on any atom is 0.224 e. The number of carbonyl (C=O) groups is 1. The first-order chi connectivity index (χ1) is 8.40. The van der Waals surface area contributed by atoms with Crippen LogP contribution in [0.5, 0.6) is 0 Å². The Bertz CT molecular complexity index is 393. The maximum atomic E-state index is 11.9. The summed E-state index contributed by atoms with van der Waals surface area (Å²) in [4.78, 5) is 13.6. The molecule has 0 aliphatic heterocycles. The lowest BCUT2D eigenvalue weighted by Crippen LogP contribution is -2.38. The number of benzene rings is 1. The Balaban J connectivity index is 0.00000324. The lowest BCUT2D eigenvalue weighted by Gasteiger charge is -2.26. The number of carbonyl (C=O) groups excluding carboxylic acids is 1. The van der Waals surface area contributed by atoms with Crippen LogP contribution in [0.25, 0.3) is 0 Å². The molecule has 0 fully saturated rings. The monoisotopic (exact) mass is 304 g/mol. The van der Waals surface area contributed by atoms with Crippen LogP contribution in [0.1, 0.15) is 25.8 Å². The second-order valence-electron chi connectivity index (χ2n) is 4.87. The number of hydrogen-bond acceptors (Lipinski definition) is 2. The van der Waals surface area contributed by atoms with Crippen LogP contribution in [-0.4, -0.2) is 29.9 Å². The van der Waals surface area contributed by atoms with Crippen molar-refractivity contribution >= 4 is 29.9 Å². The van der Waals surface area contributed by atoms with E-state index in [2.05, 4.69) is 0 Å². The molecule has 1 aromatic carbocycles. The smallest absolute Gasteiger partial charge is 0.224 e. The summed E-state index contributed by atoms with van der Waals surface area (Å²) in [7, 11) is 1.82. The van der Waals surface area contributed by atoms with Gasteiger partial charge in [-0.05, 0) is 38.0 Å². The zero-order valence-corrected chi connectivity index (χ0v) is 13.2. The lowest BCUT2D eigenvalue weighted by molar-refractivity contribution is -0.131. The third-order valence-corrected chi connectivity index (χ3v) is 3.25. The van der Waals surface area contributed by atoms with E-state index in [1.54, 1.807) is 4.90 Å². The number of rotatable bonds is 5. The summed E-state index contributed by atoms with van der Waals surface area (Å²) in [5, 5.41) is 0.729. The summed E-state index contributed by atoms with van der Waals surface area (Å²) < 4.78 is 0. The van der Waals surface area contributed by atoms with Crippen molar-refractivity contribution < 1.29 is 4.79 Å². The van der Waals surface area contributed by atoms with E-state index in [4.69, 9.17) is 17.3 Å². The summed E-state index contributed by atoms with van der Waals surface area (Å²) in [6.07, 6.45) is 1.21. The second-order valence-corrected chi connectivity index (χ2v) is 5.30. The van der Waals surface area contributed by atoms with Crippen LogP contribution in [0.15, 0.2) is 24.3 Å². The first-order valence-corrected chi connectivity index (χ1v) is 6.53. The number of likely N-dealkylation sites (N-methyl/N-ethyl adjacent to an activating group) is 1. The third kappa shape index (κ3) is 6.28. The molecule has 0 saturated carbocycles. The second kappa shape index (κ2) is 8.41. The molecule has 3 nitrogen and oxygen atoms in total. The average Bonchev–Trinajstić information content (AvgIpc) is 2.30. The lowest BCUT2D eigenvalue weighted by atomic mass is 10.1. The minimum Gasteiger partial charge on any atom is -0.343 e. The van der Waals surface area contributed by atoms with Crippen LogP contribution >= 0.6 is 24.0 Å². The molecule has 19 heavy (non-hydrogen) atoms. The number of amides is 1. The molecule has 1 amide bonds. The fourth-order valence-corrected chi connectivity index (χ4v) is 1.89. The van der Waals surface area contributed by atoms with Gasteiger partial charge in [0.25, 0.3) is 0 Å². The summed E-state index contributed by atoms with van der Waals surface area (Å²) in [6, 6.07) is 7.77. The van der Waals surface area contributed by atoms with Crippen LogP contribution in [-0.2, 0) is 11.2 Å². The van der Waals surface area contributed by atoms with Gasteiger partial charge in [0.15, 0.2) is 0 Å². The predicted molar refractivity (Wildman–Crippen MR) is 82.9 cm³/mol. The molecular weight excluding hydrogens is 283 g/mol. The van der Waals surface area contributed by atoms with Gasteiger partial charge in [0, 0.05) is 30.6 Å². The van der Waals surface area contributed by atoms with Gasteiger partial charge < -0.3 is 10.6 Å². The van der Waals surface area contributed by atoms with E-state index in [1.165, 1.54) is 5.56 Å². The Morgan fingerprint density at radius 2 is 1.84 bits per heavy atom. The Morgan fingerprint density at radius 1 is 1.32 bits per heavy atom. The van der Waals surface area contributed by atoms with Gasteiger partial charge in [-0.2, -0.15) is 0 Å². The van der Waals surface area contributed by atoms with E-state index in [9.17, 15) is 4.79 Å². The van der Waals surface area contributed by atoms with Gasteiger partial charge in [-0.3, -0.25) is 4.79 Å². The van der Waals surface area contributed by atoms with Gasteiger partial charge >= 0.3 is 0 Å². The van der Waals surface area contributed by atoms with Crippen molar-refractivity contribution in [2.45, 2.75) is 38.8 Å². The van der Waals surface area contributed by atoms with Crippen molar-refractivity contribution in [3.63, 3.8) is 0 Å². The number of halogens is 2. The molecule has 0 heterocycles. The molecular formula is C14H22Cl2N2O. The van der Waals surface area contributed by atoms with Gasteiger partial charge in [-0.15, -0.1) is 12.4 Å². The molecule has 5 heteroatoms. The summed E-state index contributed by atoms with van der Waals surface area (Å²) >= 11 is 5.84. The molecule has 0 saturated heterocycles. The highest BCUT2D eigenvalue weighted by Gasteiger charge is 2.17. The third-order valence-electron chi connectivity index (χ3n) is 3.00. The zero-order chi connectivity index (χ0) is 13.7. The Hall–Kier alpha value is -0.770. The number of hydrogen-bond donors (Lipinski definition) is 1. The topological polar surface area (TPSA) is 46.3 Å². The average molecular weight is 305 g/mol. The molecule has 0 spiro atoms. The van der Waals surface area contributed by atoms with Crippen LogP contribution in [0, 0.1) is 0 Å². The Kier molecular flexibility index (Phi) is 8.07. The van der Waals surface area contributed by atoms with Gasteiger partial charge in [0.2, 0.25) is 5.91 Å². The quantitative estimate of drug-likeness (QED) is 0.909. The van der Waals surface area contributed by atoms with Crippen molar-refractivity contribution in [1.82, 2.24) is 4.90 Å².